The third-order valence-electron chi connectivity index (χ3n) is 7.89. The number of nitrogens with zero attached hydrogens (tertiary/aromatic N) is 2. The van der Waals surface area contributed by atoms with Crippen molar-refractivity contribution >= 4 is 17.5 Å². The first kappa shape index (κ1) is 27.9. The van der Waals surface area contributed by atoms with Crippen molar-refractivity contribution in [3.8, 4) is 16.9 Å². The summed E-state index contributed by atoms with van der Waals surface area (Å²) in [4.78, 5) is 30.0. The SMILES string of the molecule is C[C@H](CO)N1C[C@H](C)[C@H](CN(C)Cc2ccc(-c3ccccc3)cc2)Oc2ccc(NC(=O)C3CC3)cc2C1=O. The van der Waals surface area contributed by atoms with Gasteiger partial charge in [0.2, 0.25) is 5.91 Å². The maximum atomic E-state index is 13.6. The van der Waals surface area contributed by atoms with E-state index in [0.29, 0.717) is 30.1 Å². The lowest BCUT2D eigenvalue weighted by Gasteiger charge is -2.38. The van der Waals surface area contributed by atoms with Gasteiger partial charge in [-0.2, -0.15) is 0 Å². The van der Waals surface area contributed by atoms with Gasteiger partial charge in [0, 0.05) is 37.2 Å². The Morgan fingerprint density at radius 1 is 1.07 bits per heavy atom. The fraction of sp³-hybridized carbons (Fsp3) is 0.394. The maximum absolute atomic E-state index is 13.6. The number of aliphatic hydroxyl groups is 1. The lowest BCUT2D eigenvalue weighted by atomic mass is 9.99. The van der Waals surface area contributed by atoms with Crippen LogP contribution in [0.1, 0.15) is 42.6 Å². The molecule has 2 aliphatic rings. The van der Waals surface area contributed by atoms with Gasteiger partial charge in [-0.05, 0) is 61.7 Å². The summed E-state index contributed by atoms with van der Waals surface area (Å²) in [7, 11) is 2.08. The fourth-order valence-corrected chi connectivity index (χ4v) is 5.22. The van der Waals surface area contributed by atoms with E-state index in [2.05, 4.69) is 60.6 Å². The van der Waals surface area contributed by atoms with Crippen LogP contribution in [-0.4, -0.2) is 65.6 Å². The zero-order valence-electron chi connectivity index (χ0n) is 23.5. The second-order valence-electron chi connectivity index (χ2n) is 11.4. The number of fused-ring (bicyclic) bond motifs is 1. The van der Waals surface area contributed by atoms with Crippen LogP contribution in [-0.2, 0) is 11.3 Å². The van der Waals surface area contributed by atoms with Gasteiger partial charge in [-0.25, -0.2) is 0 Å². The molecule has 2 amide bonds. The number of amides is 2. The number of carbonyl (C=O) groups is 2. The molecule has 0 spiro atoms. The summed E-state index contributed by atoms with van der Waals surface area (Å²) >= 11 is 0. The van der Waals surface area contributed by atoms with E-state index < -0.39 is 0 Å². The van der Waals surface area contributed by atoms with Crippen LogP contribution in [0.3, 0.4) is 0 Å². The monoisotopic (exact) mass is 541 g/mol. The van der Waals surface area contributed by atoms with Crippen LogP contribution in [0.15, 0.2) is 72.8 Å². The molecule has 0 radical (unpaired) electrons. The molecular formula is C33H39N3O4. The minimum atomic E-state index is -0.341. The molecule has 3 atom stereocenters. The van der Waals surface area contributed by atoms with Crippen LogP contribution in [0.25, 0.3) is 11.1 Å². The number of aliphatic hydroxyl groups excluding tert-OH is 1. The van der Waals surface area contributed by atoms with Crippen molar-refractivity contribution in [3.05, 3.63) is 83.9 Å². The van der Waals surface area contributed by atoms with Gasteiger partial charge in [0.05, 0.1) is 18.2 Å². The van der Waals surface area contributed by atoms with E-state index in [9.17, 15) is 14.7 Å². The zero-order chi connectivity index (χ0) is 28.2. The molecule has 1 fully saturated rings. The average Bonchev–Trinajstić information content (AvgIpc) is 3.82. The molecule has 40 heavy (non-hydrogen) atoms. The van der Waals surface area contributed by atoms with Crippen molar-refractivity contribution in [2.75, 3.05) is 32.1 Å². The van der Waals surface area contributed by atoms with Crippen LogP contribution in [0.2, 0.25) is 0 Å². The number of nitrogens with one attached hydrogen (secondary N) is 1. The topological polar surface area (TPSA) is 82.1 Å². The molecule has 0 bridgehead atoms. The molecule has 1 saturated carbocycles. The van der Waals surface area contributed by atoms with Crippen molar-refractivity contribution in [2.45, 2.75) is 45.4 Å². The number of rotatable bonds is 9. The van der Waals surface area contributed by atoms with Crippen LogP contribution < -0.4 is 10.1 Å². The molecule has 5 rings (SSSR count). The van der Waals surface area contributed by atoms with Gasteiger partial charge in [0.25, 0.3) is 5.91 Å². The van der Waals surface area contributed by atoms with E-state index in [1.807, 2.05) is 25.1 Å². The third kappa shape index (κ3) is 6.54. The minimum Gasteiger partial charge on any atom is -0.488 e. The molecular weight excluding hydrogens is 502 g/mol. The van der Waals surface area contributed by atoms with Gasteiger partial charge in [-0.15, -0.1) is 0 Å². The summed E-state index contributed by atoms with van der Waals surface area (Å²) in [6.45, 7) is 5.70. The average molecular weight is 542 g/mol. The molecule has 0 saturated heterocycles. The summed E-state index contributed by atoms with van der Waals surface area (Å²) < 4.78 is 6.52. The normalized spacial score (nSPS) is 19.8. The summed E-state index contributed by atoms with van der Waals surface area (Å²) in [5, 5.41) is 12.9. The van der Waals surface area contributed by atoms with Crippen LogP contribution in [0, 0.1) is 11.8 Å². The number of hydrogen-bond acceptors (Lipinski definition) is 5. The van der Waals surface area contributed by atoms with Gasteiger partial charge >= 0.3 is 0 Å². The van der Waals surface area contributed by atoms with Crippen LogP contribution >= 0.6 is 0 Å². The number of carbonyl (C=O) groups excluding carboxylic acids is 2. The predicted octanol–water partition coefficient (Wildman–Crippen LogP) is 5.05. The smallest absolute Gasteiger partial charge is 0.258 e. The predicted molar refractivity (Wildman–Crippen MR) is 157 cm³/mol. The van der Waals surface area contributed by atoms with Gasteiger partial charge in [0.15, 0.2) is 0 Å². The van der Waals surface area contributed by atoms with Crippen molar-refractivity contribution in [3.63, 3.8) is 0 Å². The van der Waals surface area contributed by atoms with Crippen molar-refractivity contribution < 1.29 is 19.4 Å². The Balaban J connectivity index is 1.33. The number of hydrogen-bond donors (Lipinski definition) is 2. The molecule has 1 heterocycles. The van der Waals surface area contributed by atoms with Crippen molar-refractivity contribution in [1.29, 1.82) is 0 Å². The molecule has 7 heteroatoms. The van der Waals surface area contributed by atoms with E-state index in [1.54, 1.807) is 23.1 Å². The van der Waals surface area contributed by atoms with Crippen LogP contribution in [0.5, 0.6) is 5.75 Å². The van der Waals surface area contributed by atoms with Gasteiger partial charge in [0.1, 0.15) is 11.9 Å². The van der Waals surface area contributed by atoms with E-state index in [0.717, 1.165) is 19.4 Å². The van der Waals surface area contributed by atoms with E-state index in [-0.39, 0.29) is 42.4 Å². The van der Waals surface area contributed by atoms with Crippen LogP contribution in [0.4, 0.5) is 5.69 Å². The molecule has 1 aliphatic carbocycles. The lowest BCUT2D eigenvalue weighted by Crippen LogP contribution is -2.49. The molecule has 2 N–H and O–H groups in total. The van der Waals surface area contributed by atoms with Gasteiger partial charge < -0.3 is 20.1 Å². The molecule has 210 valence electrons. The highest BCUT2D eigenvalue weighted by atomic mass is 16.5. The number of ether oxygens (including phenoxy) is 1. The highest BCUT2D eigenvalue weighted by Gasteiger charge is 2.34. The maximum Gasteiger partial charge on any atom is 0.258 e. The van der Waals surface area contributed by atoms with Gasteiger partial charge in [-0.3, -0.25) is 14.5 Å². The number of likely N-dealkylation sites (N-methyl/N-ethyl adjacent to an activating group) is 1. The first-order chi connectivity index (χ1) is 19.3. The Morgan fingerprint density at radius 3 is 2.45 bits per heavy atom. The molecule has 3 aromatic rings. The highest BCUT2D eigenvalue weighted by molar-refractivity contribution is 6.00. The number of anilines is 1. The van der Waals surface area contributed by atoms with Crippen molar-refractivity contribution in [1.82, 2.24) is 9.80 Å². The second-order valence-corrected chi connectivity index (χ2v) is 11.4. The minimum absolute atomic E-state index is 0.00957. The van der Waals surface area contributed by atoms with E-state index in [4.69, 9.17) is 4.74 Å². The highest BCUT2D eigenvalue weighted by Crippen LogP contribution is 2.33. The molecule has 0 unspecified atom stereocenters. The van der Waals surface area contributed by atoms with E-state index >= 15 is 0 Å². The molecule has 7 nitrogen and oxygen atoms in total. The summed E-state index contributed by atoms with van der Waals surface area (Å²) in [5.74, 6) is 0.390. The first-order valence-electron chi connectivity index (χ1n) is 14.2. The Kier molecular flexibility index (Phi) is 8.52. The molecule has 0 aromatic heterocycles. The second kappa shape index (κ2) is 12.2. The molecule has 3 aromatic carbocycles. The standard InChI is InChI=1S/C33H39N3O4/c1-22-18-36(23(2)21-37)33(39)29-17-28(34-32(38)27-13-14-27)15-16-30(29)40-31(22)20-35(3)19-24-9-11-26(12-10-24)25-7-5-4-6-8-25/h4-12,15-17,22-23,27,31,37H,13-14,18-21H2,1-3H3,(H,34,38)/t22-,23+,31-/m0/s1. The Bertz CT molecular complexity index is 1320. The summed E-state index contributed by atoms with van der Waals surface area (Å²) in [6.07, 6.45) is 1.64. The number of benzene rings is 3. The Labute approximate surface area is 236 Å². The largest absolute Gasteiger partial charge is 0.488 e. The fourth-order valence-electron chi connectivity index (χ4n) is 5.22. The first-order valence-corrected chi connectivity index (χ1v) is 14.2. The summed E-state index contributed by atoms with van der Waals surface area (Å²) in [5.41, 5.74) is 4.60. The Morgan fingerprint density at radius 2 is 1.77 bits per heavy atom. The third-order valence-corrected chi connectivity index (χ3v) is 7.89. The Hall–Kier alpha value is -3.68. The van der Waals surface area contributed by atoms with Gasteiger partial charge in [-0.1, -0.05) is 61.5 Å². The van der Waals surface area contributed by atoms with Crippen molar-refractivity contribution in [2.24, 2.45) is 11.8 Å². The lowest BCUT2D eigenvalue weighted by molar-refractivity contribution is -0.117. The molecule has 1 aliphatic heterocycles. The zero-order valence-corrected chi connectivity index (χ0v) is 23.5. The van der Waals surface area contributed by atoms with E-state index in [1.165, 1.54) is 16.7 Å². The summed E-state index contributed by atoms with van der Waals surface area (Å²) in [6, 6.07) is 23.9. The quantitative estimate of drug-likeness (QED) is 0.396.